The summed E-state index contributed by atoms with van der Waals surface area (Å²) in [5.74, 6) is -1.54. The average Bonchev–Trinajstić information content (AvgIpc) is 2.94. The predicted octanol–water partition coefficient (Wildman–Crippen LogP) is 0.809. The lowest BCUT2D eigenvalue weighted by Crippen LogP contribution is -2.29. The highest BCUT2D eigenvalue weighted by atomic mass is 32.1. The maximum atomic E-state index is 11.5. The van der Waals surface area contributed by atoms with Gasteiger partial charge in [0.1, 0.15) is 23.4 Å². The van der Waals surface area contributed by atoms with Crippen LogP contribution in [0.25, 0.3) is 0 Å². The van der Waals surface area contributed by atoms with Gasteiger partial charge in [0.05, 0.1) is 0 Å². The molecule has 0 aromatic carbocycles. The van der Waals surface area contributed by atoms with Crippen molar-refractivity contribution in [2.45, 2.75) is 18.9 Å². The molecule has 1 atom stereocenters. The minimum Gasteiger partial charge on any atom is -0.480 e. The minimum atomic E-state index is -1.08. The van der Waals surface area contributed by atoms with Crippen LogP contribution in [-0.4, -0.2) is 35.1 Å². The van der Waals surface area contributed by atoms with E-state index < -0.39 is 18.4 Å². The van der Waals surface area contributed by atoms with Crippen molar-refractivity contribution in [3.05, 3.63) is 16.1 Å². The van der Waals surface area contributed by atoms with Gasteiger partial charge >= 0.3 is 5.97 Å². The fourth-order valence-electron chi connectivity index (χ4n) is 1.56. The van der Waals surface area contributed by atoms with Crippen molar-refractivity contribution < 1.29 is 19.4 Å². The van der Waals surface area contributed by atoms with Gasteiger partial charge in [-0.25, -0.2) is 4.98 Å². The highest BCUT2D eigenvalue weighted by Crippen LogP contribution is 2.30. The van der Waals surface area contributed by atoms with Gasteiger partial charge in [0.25, 0.3) is 5.91 Å². The van der Waals surface area contributed by atoms with Crippen LogP contribution in [0, 0.1) is 0 Å². The van der Waals surface area contributed by atoms with E-state index in [2.05, 4.69) is 10.3 Å². The van der Waals surface area contributed by atoms with Gasteiger partial charge < -0.3 is 15.2 Å². The number of amides is 1. The molecule has 1 amide bonds. The van der Waals surface area contributed by atoms with E-state index in [0.717, 1.165) is 24.5 Å². The number of nitrogens with one attached hydrogen (secondary N) is 1. The van der Waals surface area contributed by atoms with Crippen molar-refractivity contribution in [2.75, 3.05) is 13.2 Å². The van der Waals surface area contributed by atoms with Gasteiger partial charge in [0.2, 0.25) is 0 Å². The van der Waals surface area contributed by atoms with Crippen LogP contribution in [0.2, 0.25) is 0 Å². The number of aliphatic carboxylic acids is 1. The zero-order valence-electron chi connectivity index (χ0n) is 9.01. The van der Waals surface area contributed by atoms with Gasteiger partial charge in [-0.1, -0.05) is 0 Å². The van der Waals surface area contributed by atoms with Crippen molar-refractivity contribution in [3.8, 4) is 0 Å². The van der Waals surface area contributed by atoms with Crippen molar-refractivity contribution >= 4 is 23.2 Å². The molecule has 0 spiro atoms. The molecule has 0 aliphatic carbocycles. The number of carboxylic acids is 1. The van der Waals surface area contributed by atoms with Crippen LogP contribution in [0.4, 0.5) is 0 Å². The number of ether oxygens (including phenoxy) is 1. The largest absolute Gasteiger partial charge is 0.480 e. The fourth-order valence-corrected chi connectivity index (χ4v) is 2.44. The summed E-state index contributed by atoms with van der Waals surface area (Å²) in [5, 5.41) is 13.1. The number of aromatic nitrogens is 1. The summed E-state index contributed by atoms with van der Waals surface area (Å²) in [5.41, 5.74) is 0.252. The van der Waals surface area contributed by atoms with E-state index in [1.165, 1.54) is 11.3 Å². The lowest BCUT2D eigenvalue weighted by Gasteiger charge is -2.03. The van der Waals surface area contributed by atoms with Crippen molar-refractivity contribution in [1.82, 2.24) is 10.3 Å². The second-order valence-electron chi connectivity index (χ2n) is 3.65. The Kier molecular flexibility index (Phi) is 3.70. The summed E-state index contributed by atoms with van der Waals surface area (Å²) < 4.78 is 5.45. The van der Waals surface area contributed by atoms with Crippen LogP contribution in [0.3, 0.4) is 0 Å². The molecule has 1 fully saturated rings. The van der Waals surface area contributed by atoms with E-state index in [1.807, 2.05) is 0 Å². The van der Waals surface area contributed by atoms with E-state index >= 15 is 0 Å². The van der Waals surface area contributed by atoms with Crippen LogP contribution in [-0.2, 0) is 9.53 Å². The minimum absolute atomic E-state index is 0.0129. The molecular formula is C10H12N2O4S. The summed E-state index contributed by atoms with van der Waals surface area (Å²) in [6, 6.07) is 0. The van der Waals surface area contributed by atoms with Gasteiger partial charge in [-0.15, -0.1) is 11.3 Å². The average molecular weight is 256 g/mol. The normalized spacial score (nSPS) is 19.2. The van der Waals surface area contributed by atoms with E-state index in [9.17, 15) is 9.59 Å². The summed E-state index contributed by atoms with van der Waals surface area (Å²) in [4.78, 5) is 26.0. The molecule has 1 aromatic rings. The third kappa shape index (κ3) is 3.01. The first kappa shape index (κ1) is 12.0. The van der Waals surface area contributed by atoms with Crippen LogP contribution < -0.4 is 5.32 Å². The number of thiazole rings is 1. The highest BCUT2D eigenvalue weighted by molar-refractivity contribution is 7.09. The van der Waals surface area contributed by atoms with Gasteiger partial charge in [-0.3, -0.25) is 9.59 Å². The zero-order valence-corrected chi connectivity index (χ0v) is 9.83. The molecule has 2 rings (SSSR count). The monoisotopic (exact) mass is 256 g/mol. The Morgan fingerprint density at radius 2 is 2.47 bits per heavy atom. The quantitative estimate of drug-likeness (QED) is 0.832. The van der Waals surface area contributed by atoms with Gasteiger partial charge in [-0.05, 0) is 12.8 Å². The van der Waals surface area contributed by atoms with Crippen molar-refractivity contribution in [2.24, 2.45) is 0 Å². The third-order valence-corrected chi connectivity index (χ3v) is 3.30. The molecule has 1 unspecified atom stereocenters. The van der Waals surface area contributed by atoms with Crippen molar-refractivity contribution in [1.29, 1.82) is 0 Å². The molecule has 2 N–H and O–H groups in total. The summed E-state index contributed by atoms with van der Waals surface area (Å²) in [7, 11) is 0. The van der Waals surface area contributed by atoms with Crippen LogP contribution in [0.1, 0.15) is 34.4 Å². The number of hydrogen-bond acceptors (Lipinski definition) is 5. The van der Waals surface area contributed by atoms with Crippen LogP contribution in [0.15, 0.2) is 5.38 Å². The molecule has 1 saturated heterocycles. The number of rotatable bonds is 4. The first-order valence-corrected chi connectivity index (χ1v) is 6.12. The number of nitrogens with zero attached hydrogens (tertiary/aromatic N) is 1. The Labute approximate surface area is 102 Å². The number of carbonyl (C=O) groups is 2. The summed E-state index contributed by atoms with van der Waals surface area (Å²) in [6.45, 7) is 0.330. The highest BCUT2D eigenvalue weighted by Gasteiger charge is 2.22. The first-order chi connectivity index (χ1) is 8.16. The zero-order chi connectivity index (χ0) is 12.3. The Hall–Kier alpha value is -1.47. The SMILES string of the molecule is O=C(O)CNC(=O)c1csc(C2CCCO2)n1. The van der Waals surface area contributed by atoms with E-state index in [1.54, 1.807) is 5.38 Å². The Bertz CT molecular complexity index is 426. The molecule has 7 heteroatoms. The van der Waals surface area contributed by atoms with Crippen molar-refractivity contribution in [3.63, 3.8) is 0 Å². The topological polar surface area (TPSA) is 88.5 Å². The summed E-state index contributed by atoms with van der Waals surface area (Å²) >= 11 is 1.37. The molecule has 6 nitrogen and oxygen atoms in total. The second-order valence-corrected chi connectivity index (χ2v) is 4.54. The van der Waals surface area contributed by atoms with Gasteiger partial charge in [-0.2, -0.15) is 0 Å². The molecule has 1 aliphatic rings. The van der Waals surface area contributed by atoms with E-state index in [4.69, 9.17) is 9.84 Å². The molecule has 0 radical (unpaired) electrons. The molecule has 2 heterocycles. The number of carbonyl (C=O) groups excluding carboxylic acids is 1. The number of hydrogen-bond donors (Lipinski definition) is 2. The number of carboxylic acid groups (broad SMARTS) is 1. The predicted molar refractivity (Wildman–Crippen MR) is 60.0 cm³/mol. The second kappa shape index (κ2) is 5.24. The molecule has 1 aromatic heterocycles. The van der Waals surface area contributed by atoms with Gasteiger partial charge in [0.15, 0.2) is 0 Å². The van der Waals surface area contributed by atoms with Gasteiger partial charge in [0, 0.05) is 12.0 Å². The lowest BCUT2D eigenvalue weighted by molar-refractivity contribution is -0.135. The molecular weight excluding hydrogens is 244 g/mol. The lowest BCUT2D eigenvalue weighted by atomic mass is 10.2. The first-order valence-electron chi connectivity index (χ1n) is 5.24. The molecule has 0 bridgehead atoms. The maximum absolute atomic E-state index is 11.5. The summed E-state index contributed by atoms with van der Waals surface area (Å²) in [6.07, 6.45) is 1.91. The fraction of sp³-hybridized carbons (Fsp3) is 0.500. The smallest absolute Gasteiger partial charge is 0.322 e. The maximum Gasteiger partial charge on any atom is 0.322 e. The molecule has 0 saturated carbocycles. The molecule has 92 valence electrons. The molecule has 17 heavy (non-hydrogen) atoms. The van der Waals surface area contributed by atoms with E-state index in [0.29, 0.717) is 0 Å². The Morgan fingerprint density at radius 3 is 3.12 bits per heavy atom. The van der Waals surface area contributed by atoms with Crippen LogP contribution >= 0.6 is 11.3 Å². The van der Waals surface area contributed by atoms with E-state index in [-0.39, 0.29) is 11.8 Å². The third-order valence-electron chi connectivity index (χ3n) is 2.36. The molecule has 1 aliphatic heterocycles. The Balaban J connectivity index is 1.97. The Morgan fingerprint density at radius 1 is 1.65 bits per heavy atom. The van der Waals surface area contributed by atoms with Crippen LogP contribution in [0.5, 0.6) is 0 Å². The standard InChI is InChI=1S/C10H12N2O4S/c13-8(14)4-11-9(15)6-5-17-10(12-6)7-2-1-3-16-7/h5,7H,1-4H2,(H,11,15)(H,13,14).